The molecule has 2 aliphatic carbocycles. The number of hydrogen-bond donors (Lipinski definition) is 3. The molecular formula is C29H31NO11S. The van der Waals surface area contributed by atoms with Gasteiger partial charge in [0.2, 0.25) is 0 Å². The maximum atomic E-state index is 13.6. The topological polar surface area (TPSA) is 177 Å². The minimum Gasteiger partial charge on any atom is -0.507 e. The number of fused-ring (bicyclic) bond motifs is 3. The van der Waals surface area contributed by atoms with Crippen LogP contribution in [0.15, 0.2) is 24.3 Å². The summed E-state index contributed by atoms with van der Waals surface area (Å²) < 4.78 is 73.8. The van der Waals surface area contributed by atoms with Crippen LogP contribution in [-0.4, -0.2) is 95.4 Å². The maximum absolute atomic E-state index is 13.6. The molecule has 2 aliphatic heterocycles. The van der Waals surface area contributed by atoms with Gasteiger partial charge in [0, 0.05) is 66.0 Å². The SMILES string of the molecule is [2H]C1([2H])N([C@H]2C[C@H](OC3C[C@](O)(C(C)=O)Cc4c(O)c5c(c(O)c43)C(=O)c3ccccc3C5=O)O[C@@H](C)[C@H]2OS(C)(=O)=O)C1([2H])[2H]. The molecule has 0 spiro atoms. The van der Waals surface area contributed by atoms with Crippen LogP contribution in [0.2, 0.25) is 0 Å². The minimum atomic E-state index is -4.11. The van der Waals surface area contributed by atoms with Crippen molar-refractivity contribution in [1.82, 2.24) is 4.90 Å². The van der Waals surface area contributed by atoms with Crippen LogP contribution in [-0.2, 0) is 35.0 Å². The fourth-order valence-electron chi connectivity index (χ4n) is 6.15. The molecule has 2 aromatic rings. The van der Waals surface area contributed by atoms with Crippen molar-refractivity contribution in [2.45, 2.75) is 69.4 Å². The van der Waals surface area contributed by atoms with E-state index in [0.717, 1.165) is 18.1 Å². The van der Waals surface area contributed by atoms with E-state index in [0.29, 0.717) is 0 Å². The molecule has 0 aromatic heterocycles. The molecule has 6 rings (SSSR count). The number of nitrogens with zero attached hydrogens (tertiary/aromatic N) is 1. The van der Waals surface area contributed by atoms with E-state index in [1.165, 1.54) is 31.2 Å². The first-order valence-electron chi connectivity index (χ1n) is 15.2. The smallest absolute Gasteiger partial charge is 0.264 e. The van der Waals surface area contributed by atoms with E-state index in [-0.39, 0.29) is 28.7 Å². The van der Waals surface area contributed by atoms with Crippen molar-refractivity contribution >= 4 is 27.5 Å². The number of hydrogen-bond acceptors (Lipinski definition) is 12. The third-order valence-corrected chi connectivity index (χ3v) is 8.82. The summed E-state index contributed by atoms with van der Waals surface area (Å²) in [5.74, 6) is -3.64. The molecule has 2 aromatic carbocycles. The molecule has 2 heterocycles. The van der Waals surface area contributed by atoms with Gasteiger partial charge in [0.1, 0.15) is 23.2 Å². The number of rotatable bonds is 6. The summed E-state index contributed by atoms with van der Waals surface area (Å²) in [6.07, 6.45) is -5.92. The summed E-state index contributed by atoms with van der Waals surface area (Å²) in [4.78, 5) is 40.5. The molecule has 4 aliphatic rings. The largest absolute Gasteiger partial charge is 0.507 e. The number of ether oxygens (including phenoxy) is 2. The highest BCUT2D eigenvalue weighted by Gasteiger charge is 2.50. The number of phenolic OH excluding ortho intramolecular Hbond substituents is 2. The monoisotopic (exact) mass is 605 g/mol. The summed E-state index contributed by atoms with van der Waals surface area (Å²) in [7, 11) is -4.11. The number of aromatic hydroxyl groups is 2. The van der Waals surface area contributed by atoms with Crippen LogP contribution in [0.4, 0.5) is 0 Å². The number of aliphatic hydroxyl groups is 1. The van der Waals surface area contributed by atoms with Crippen LogP contribution in [0.3, 0.4) is 0 Å². The highest BCUT2D eigenvalue weighted by molar-refractivity contribution is 7.86. The van der Waals surface area contributed by atoms with E-state index in [1.807, 2.05) is 0 Å². The van der Waals surface area contributed by atoms with Crippen LogP contribution >= 0.6 is 0 Å². The molecule has 2 saturated heterocycles. The number of Topliss-reactive ketones (excluding diaryl/α,β-unsaturated/α-hetero) is 1. The van der Waals surface area contributed by atoms with Gasteiger partial charge in [0.25, 0.3) is 10.1 Å². The second-order valence-electron chi connectivity index (χ2n) is 11.1. The molecule has 12 nitrogen and oxygen atoms in total. The minimum absolute atomic E-state index is 0.00334. The molecule has 13 heteroatoms. The average molecular weight is 606 g/mol. The Balaban J connectivity index is 1.43. The van der Waals surface area contributed by atoms with Gasteiger partial charge >= 0.3 is 0 Å². The predicted octanol–water partition coefficient (Wildman–Crippen LogP) is 1.36. The number of phenols is 2. The molecule has 0 bridgehead atoms. The Morgan fingerprint density at radius 3 is 2.26 bits per heavy atom. The van der Waals surface area contributed by atoms with Gasteiger partial charge in [-0.15, -0.1) is 0 Å². The van der Waals surface area contributed by atoms with Gasteiger partial charge in [-0.25, -0.2) is 0 Å². The first-order chi connectivity index (χ1) is 21.2. The van der Waals surface area contributed by atoms with Crippen LogP contribution < -0.4 is 0 Å². The van der Waals surface area contributed by atoms with Gasteiger partial charge in [-0.2, -0.15) is 8.42 Å². The van der Waals surface area contributed by atoms with E-state index in [4.69, 9.17) is 19.1 Å². The number of benzene rings is 2. The Hall–Kier alpha value is -3.20. The Kier molecular flexibility index (Phi) is 5.74. The highest BCUT2D eigenvalue weighted by atomic mass is 32.2. The molecule has 42 heavy (non-hydrogen) atoms. The average Bonchev–Trinajstić information content (AvgIpc) is 3.36. The van der Waals surface area contributed by atoms with Crippen LogP contribution in [0.5, 0.6) is 11.5 Å². The van der Waals surface area contributed by atoms with Crippen LogP contribution in [0.1, 0.15) is 81.2 Å². The van der Waals surface area contributed by atoms with Gasteiger partial charge in [-0.05, 0) is 13.8 Å². The van der Waals surface area contributed by atoms with Crippen molar-refractivity contribution in [3.05, 3.63) is 57.6 Å². The number of ketones is 3. The molecule has 0 radical (unpaired) electrons. The summed E-state index contributed by atoms with van der Waals surface area (Å²) >= 11 is 0. The van der Waals surface area contributed by atoms with Gasteiger partial charge in [0.05, 0.1) is 29.6 Å². The number of carbonyl (C=O) groups excluding carboxylic acids is 3. The zero-order chi connectivity index (χ0) is 33.9. The molecule has 6 atom stereocenters. The Morgan fingerprint density at radius 2 is 1.71 bits per heavy atom. The maximum Gasteiger partial charge on any atom is 0.264 e. The summed E-state index contributed by atoms with van der Waals surface area (Å²) in [5.41, 5.74) is -3.52. The summed E-state index contributed by atoms with van der Waals surface area (Å²) in [6.45, 7) is -2.46. The lowest BCUT2D eigenvalue weighted by molar-refractivity contribution is -0.250. The van der Waals surface area contributed by atoms with Gasteiger partial charge in [-0.3, -0.25) is 23.5 Å². The third kappa shape index (κ3) is 4.74. The van der Waals surface area contributed by atoms with Crippen LogP contribution in [0, 0.1) is 0 Å². The molecule has 2 fully saturated rings. The van der Waals surface area contributed by atoms with E-state index >= 15 is 0 Å². The second kappa shape index (κ2) is 9.93. The summed E-state index contributed by atoms with van der Waals surface area (Å²) in [5, 5.41) is 34.4. The molecule has 1 unspecified atom stereocenters. The molecule has 3 N–H and O–H groups in total. The van der Waals surface area contributed by atoms with E-state index in [1.54, 1.807) is 0 Å². The molecule has 0 amide bonds. The van der Waals surface area contributed by atoms with Gasteiger partial charge in [-0.1, -0.05) is 24.3 Å². The van der Waals surface area contributed by atoms with Crippen molar-refractivity contribution in [2.75, 3.05) is 19.2 Å². The zero-order valence-electron chi connectivity index (χ0n) is 26.8. The Morgan fingerprint density at radius 1 is 1.12 bits per heavy atom. The van der Waals surface area contributed by atoms with Crippen molar-refractivity contribution < 1.29 is 57.3 Å². The Bertz CT molecular complexity index is 1800. The van der Waals surface area contributed by atoms with E-state index in [2.05, 4.69) is 0 Å². The summed E-state index contributed by atoms with van der Waals surface area (Å²) in [6, 6.07) is 4.61. The standard InChI is InChI=1S/C29H31NO11S/c1-13-28(41-42(3,37)38)18(30-8-9-30)10-20(39-13)40-19-12-29(36,14(2)31)11-17-21(19)27(35)23-22(26(17)34)24(32)15-6-4-5-7-16(15)25(23)33/h4-7,13,18-20,28,34-36H,8-12H2,1-3H3/t13-,18-,19?,20-,28+,29-/m0/s1/i8D2,9D2. The first-order valence-corrected chi connectivity index (χ1v) is 15.0. The second-order valence-corrected chi connectivity index (χ2v) is 12.7. The lowest BCUT2D eigenvalue weighted by Gasteiger charge is -2.43. The first kappa shape index (κ1) is 24.3. The van der Waals surface area contributed by atoms with Gasteiger partial charge < -0.3 is 24.8 Å². The molecular weight excluding hydrogens is 570 g/mol. The lowest BCUT2D eigenvalue weighted by atomic mass is 9.72. The lowest BCUT2D eigenvalue weighted by Crippen LogP contribution is -2.53. The number of carbonyl (C=O) groups is 3. The quantitative estimate of drug-likeness (QED) is 0.209. The molecule has 224 valence electrons. The van der Waals surface area contributed by atoms with Crippen molar-refractivity contribution in [3.8, 4) is 11.5 Å². The van der Waals surface area contributed by atoms with Crippen molar-refractivity contribution in [2.24, 2.45) is 0 Å². The van der Waals surface area contributed by atoms with Gasteiger partial charge in [0.15, 0.2) is 23.6 Å². The third-order valence-electron chi connectivity index (χ3n) is 8.25. The normalized spacial score (nSPS) is 34.6. The van der Waals surface area contributed by atoms with Crippen molar-refractivity contribution in [3.63, 3.8) is 0 Å². The fraction of sp³-hybridized carbons (Fsp3) is 0.483. The van der Waals surface area contributed by atoms with E-state index in [9.17, 15) is 38.1 Å². The van der Waals surface area contributed by atoms with E-state index < -0.39 is 112 Å². The Labute approximate surface area is 247 Å². The predicted molar refractivity (Wildman–Crippen MR) is 145 cm³/mol. The zero-order valence-corrected chi connectivity index (χ0v) is 23.6. The van der Waals surface area contributed by atoms with Crippen molar-refractivity contribution in [1.29, 1.82) is 0 Å². The van der Waals surface area contributed by atoms with Crippen LogP contribution in [0.25, 0.3) is 0 Å². The highest BCUT2D eigenvalue weighted by Crippen LogP contribution is 2.52. The molecule has 0 saturated carbocycles. The fourth-order valence-corrected chi connectivity index (χ4v) is 6.83.